The number of hydrogen-bond acceptors (Lipinski definition) is 2. The van der Waals surface area contributed by atoms with E-state index in [2.05, 4.69) is 0 Å². The lowest BCUT2D eigenvalue weighted by atomic mass is 9.99. The van der Waals surface area contributed by atoms with Crippen LogP contribution in [0.1, 0.15) is 34.3 Å². The molecule has 0 unspecified atom stereocenters. The van der Waals surface area contributed by atoms with Crippen molar-refractivity contribution in [3.05, 3.63) is 65.0 Å². The molecule has 0 amide bonds. The highest BCUT2D eigenvalue weighted by molar-refractivity contribution is 6.10. The second kappa shape index (κ2) is 5.08. The van der Waals surface area contributed by atoms with Crippen LogP contribution in [0.15, 0.2) is 42.5 Å². The van der Waals surface area contributed by atoms with E-state index in [0.717, 1.165) is 18.6 Å². The average Bonchev–Trinajstić information content (AvgIpc) is 3.22. The first-order valence-electron chi connectivity index (χ1n) is 6.71. The highest BCUT2D eigenvalue weighted by Crippen LogP contribution is 2.27. The van der Waals surface area contributed by atoms with Gasteiger partial charge >= 0.3 is 0 Å². The van der Waals surface area contributed by atoms with E-state index in [1.807, 2.05) is 12.1 Å². The van der Waals surface area contributed by atoms with Crippen molar-refractivity contribution in [3.63, 3.8) is 0 Å². The molecule has 0 atom stereocenters. The lowest BCUT2D eigenvalue weighted by Crippen LogP contribution is -2.05. The number of carbonyl (C=O) groups excluding carboxylic acids is 1. The van der Waals surface area contributed by atoms with Crippen LogP contribution in [-0.2, 0) is 0 Å². The molecule has 0 radical (unpaired) electrons. The largest absolute Gasteiger partial charge is 0.490 e. The molecule has 3 rings (SSSR count). The summed E-state index contributed by atoms with van der Waals surface area (Å²) in [4.78, 5) is 12.5. The Kier molecular flexibility index (Phi) is 3.26. The molecule has 2 nitrogen and oxygen atoms in total. The van der Waals surface area contributed by atoms with Gasteiger partial charge in [-0.2, -0.15) is 0 Å². The van der Waals surface area contributed by atoms with Crippen LogP contribution in [-0.4, -0.2) is 11.9 Å². The maximum atomic E-state index is 13.1. The van der Waals surface area contributed by atoms with Gasteiger partial charge in [-0.3, -0.25) is 4.79 Å². The fourth-order valence-electron chi connectivity index (χ4n) is 2.13. The zero-order valence-electron chi connectivity index (χ0n) is 11.2. The van der Waals surface area contributed by atoms with Crippen LogP contribution in [0.5, 0.6) is 5.75 Å². The van der Waals surface area contributed by atoms with Crippen LogP contribution in [0.2, 0.25) is 0 Å². The quantitative estimate of drug-likeness (QED) is 0.787. The van der Waals surface area contributed by atoms with Gasteiger partial charge < -0.3 is 4.74 Å². The van der Waals surface area contributed by atoms with Gasteiger partial charge in [-0.1, -0.05) is 12.1 Å². The zero-order chi connectivity index (χ0) is 14.1. The van der Waals surface area contributed by atoms with Crippen molar-refractivity contribution in [2.45, 2.75) is 25.9 Å². The van der Waals surface area contributed by atoms with E-state index in [0.29, 0.717) is 22.8 Å². The lowest BCUT2D eigenvalue weighted by Gasteiger charge is -2.08. The van der Waals surface area contributed by atoms with Crippen molar-refractivity contribution in [3.8, 4) is 5.75 Å². The first kappa shape index (κ1) is 12.9. The van der Waals surface area contributed by atoms with Gasteiger partial charge in [0, 0.05) is 11.1 Å². The molecule has 0 saturated heterocycles. The normalized spacial score (nSPS) is 14.1. The second-order valence-electron chi connectivity index (χ2n) is 5.13. The van der Waals surface area contributed by atoms with Gasteiger partial charge in [-0.15, -0.1) is 0 Å². The minimum absolute atomic E-state index is 0.108. The molecular formula is C17H15FO2. The summed E-state index contributed by atoms with van der Waals surface area (Å²) < 4.78 is 18.8. The van der Waals surface area contributed by atoms with Crippen molar-refractivity contribution in [1.29, 1.82) is 0 Å². The number of halogens is 1. The Morgan fingerprint density at radius 2 is 2.00 bits per heavy atom. The molecule has 3 heteroatoms. The van der Waals surface area contributed by atoms with Gasteiger partial charge in [0.1, 0.15) is 11.6 Å². The number of carbonyl (C=O) groups is 1. The third-order valence-corrected chi connectivity index (χ3v) is 3.36. The third kappa shape index (κ3) is 2.72. The van der Waals surface area contributed by atoms with E-state index < -0.39 is 0 Å². The van der Waals surface area contributed by atoms with Gasteiger partial charge in [0.15, 0.2) is 5.78 Å². The summed E-state index contributed by atoms with van der Waals surface area (Å²) in [6.07, 6.45) is 2.46. The average molecular weight is 270 g/mol. The second-order valence-corrected chi connectivity index (χ2v) is 5.13. The zero-order valence-corrected chi connectivity index (χ0v) is 11.2. The van der Waals surface area contributed by atoms with Crippen molar-refractivity contribution in [2.24, 2.45) is 0 Å². The molecule has 0 heterocycles. The van der Waals surface area contributed by atoms with Crippen molar-refractivity contribution in [1.82, 2.24) is 0 Å². The van der Waals surface area contributed by atoms with Crippen molar-refractivity contribution < 1.29 is 13.9 Å². The van der Waals surface area contributed by atoms with Crippen LogP contribution in [0.25, 0.3) is 0 Å². The Morgan fingerprint density at radius 1 is 1.20 bits per heavy atom. The summed E-state index contributed by atoms with van der Waals surface area (Å²) in [6.45, 7) is 1.74. The fourth-order valence-corrected chi connectivity index (χ4v) is 2.13. The summed E-state index contributed by atoms with van der Waals surface area (Å²) in [7, 11) is 0. The van der Waals surface area contributed by atoms with Crippen LogP contribution in [0.4, 0.5) is 4.39 Å². The van der Waals surface area contributed by atoms with Gasteiger partial charge in [0.05, 0.1) is 6.10 Å². The fraction of sp³-hybridized carbons (Fsp3) is 0.235. The summed E-state index contributed by atoms with van der Waals surface area (Å²) in [5.74, 6) is 0.284. The summed E-state index contributed by atoms with van der Waals surface area (Å²) in [6, 6.07) is 11.4. The molecule has 1 aliphatic carbocycles. The highest BCUT2D eigenvalue weighted by atomic mass is 19.1. The number of ether oxygens (including phenoxy) is 1. The maximum Gasteiger partial charge on any atom is 0.193 e. The van der Waals surface area contributed by atoms with E-state index in [9.17, 15) is 9.18 Å². The van der Waals surface area contributed by atoms with Gasteiger partial charge in [-0.25, -0.2) is 4.39 Å². The Labute approximate surface area is 117 Å². The van der Waals surface area contributed by atoms with Crippen LogP contribution >= 0.6 is 0 Å². The molecule has 102 valence electrons. The summed E-state index contributed by atoms with van der Waals surface area (Å²) in [5.41, 5.74) is 1.73. The lowest BCUT2D eigenvalue weighted by molar-refractivity contribution is 0.103. The van der Waals surface area contributed by atoms with Crippen LogP contribution in [0.3, 0.4) is 0 Å². The van der Waals surface area contributed by atoms with Crippen LogP contribution in [0, 0.1) is 12.7 Å². The molecule has 1 aliphatic rings. The van der Waals surface area contributed by atoms with Gasteiger partial charge in [-0.05, 0) is 55.7 Å². The number of benzene rings is 2. The molecule has 20 heavy (non-hydrogen) atoms. The minimum Gasteiger partial charge on any atom is -0.490 e. The Morgan fingerprint density at radius 3 is 2.70 bits per heavy atom. The number of rotatable bonds is 4. The predicted octanol–water partition coefficient (Wildman–Crippen LogP) is 3.91. The molecule has 0 aromatic heterocycles. The Balaban J connectivity index is 1.89. The molecule has 0 spiro atoms. The summed E-state index contributed by atoms with van der Waals surface area (Å²) in [5, 5.41) is 0. The molecule has 1 fully saturated rings. The SMILES string of the molecule is Cc1cc(F)ccc1C(=O)c1cccc(OC2CC2)c1. The molecular weight excluding hydrogens is 255 g/mol. The van der Waals surface area contributed by atoms with Gasteiger partial charge in [0.2, 0.25) is 0 Å². The maximum absolute atomic E-state index is 13.1. The van der Waals surface area contributed by atoms with Crippen molar-refractivity contribution >= 4 is 5.78 Å². The van der Waals surface area contributed by atoms with Crippen molar-refractivity contribution in [2.75, 3.05) is 0 Å². The van der Waals surface area contributed by atoms with E-state index in [4.69, 9.17) is 4.74 Å². The molecule has 0 aliphatic heterocycles. The molecule has 1 saturated carbocycles. The number of hydrogen-bond donors (Lipinski definition) is 0. The van der Waals surface area contributed by atoms with Crippen LogP contribution < -0.4 is 4.74 Å². The summed E-state index contributed by atoms with van der Waals surface area (Å²) >= 11 is 0. The standard InChI is InChI=1S/C17H15FO2/c1-11-9-13(18)5-8-16(11)17(19)12-3-2-4-15(10-12)20-14-6-7-14/h2-5,8-10,14H,6-7H2,1H3. The highest BCUT2D eigenvalue weighted by Gasteiger charge is 2.23. The number of ketones is 1. The first-order valence-corrected chi connectivity index (χ1v) is 6.71. The Hall–Kier alpha value is -2.16. The van der Waals surface area contributed by atoms with E-state index in [-0.39, 0.29) is 11.6 Å². The van der Waals surface area contributed by atoms with E-state index >= 15 is 0 Å². The molecule has 2 aromatic carbocycles. The van der Waals surface area contributed by atoms with Gasteiger partial charge in [0.25, 0.3) is 0 Å². The topological polar surface area (TPSA) is 26.3 Å². The molecule has 2 aromatic rings. The molecule has 0 N–H and O–H groups in total. The minimum atomic E-state index is -0.329. The number of aryl methyl sites for hydroxylation is 1. The smallest absolute Gasteiger partial charge is 0.193 e. The first-order chi connectivity index (χ1) is 9.63. The third-order valence-electron chi connectivity index (χ3n) is 3.36. The van der Waals surface area contributed by atoms with E-state index in [1.54, 1.807) is 19.1 Å². The predicted molar refractivity (Wildman–Crippen MR) is 74.7 cm³/mol. The molecule has 0 bridgehead atoms. The Bertz CT molecular complexity index is 660. The van der Waals surface area contributed by atoms with E-state index in [1.165, 1.54) is 18.2 Å². The monoisotopic (exact) mass is 270 g/mol.